The smallest absolute Gasteiger partial charge is 0.168 e. The van der Waals surface area contributed by atoms with Gasteiger partial charge in [0.15, 0.2) is 5.78 Å². The molecule has 0 fully saturated rings. The van der Waals surface area contributed by atoms with Crippen LogP contribution in [0.25, 0.3) is 0 Å². The van der Waals surface area contributed by atoms with Gasteiger partial charge in [-0.15, -0.1) is 0 Å². The first-order chi connectivity index (χ1) is 7.79. The highest BCUT2D eigenvalue weighted by atomic mass is 32.1. The maximum absolute atomic E-state index is 11.8. The van der Waals surface area contributed by atoms with Gasteiger partial charge in [-0.05, 0) is 29.1 Å². The summed E-state index contributed by atoms with van der Waals surface area (Å²) < 4.78 is 5.06. The molecule has 82 valence electrons. The molecule has 1 aromatic heterocycles. The highest BCUT2D eigenvalue weighted by molar-refractivity contribution is 7.08. The van der Waals surface area contributed by atoms with Crippen molar-refractivity contribution >= 4 is 17.1 Å². The monoisotopic (exact) mass is 232 g/mol. The Balaban J connectivity index is 2.06. The van der Waals surface area contributed by atoms with E-state index in [0.29, 0.717) is 6.42 Å². The first kappa shape index (κ1) is 10.9. The standard InChI is InChI=1S/C13H12O2S/c1-15-12-4-2-10(3-5-12)8-13(14)11-6-7-16-9-11/h2-7,9H,8H2,1H3. The summed E-state index contributed by atoms with van der Waals surface area (Å²) in [5.41, 5.74) is 1.80. The van der Waals surface area contributed by atoms with Crippen molar-refractivity contribution in [2.75, 3.05) is 7.11 Å². The third-order valence-corrected chi connectivity index (χ3v) is 3.05. The molecule has 0 atom stereocenters. The average molecular weight is 232 g/mol. The van der Waals surface area contributed by atoms with Gasteiger partial charge in [-0.3, -0.25) is 4.79 Å². The molecule has 0 spiro atoms. The number of thiophene rings is 1. The number of hydrogen-bond acceptors (Lipinski definition) is 3. The molecule has 0 bridgehead atoms. The summed E-state index contributed by atoms with van der Waals surface area (Å²) in [6.07, 6.45) is 0.445. The van der Waals surface area contributed by atoms with Gasteiger partial charge in [0.05, 0.1) is 7.11 Å². The molecule has 1 heterocycles. The van der Waals surface area contributed by atoms with Crippen LogP contribution in [0.1, 0.15) is 15.9 Å². The van der Waals surface area contributed by atoms with Crippen molar-refractivity contribution in [3.05, 3.63) is 52.2 Å². The SMILES string of the molecule is COc1ccc(CC(=O)c2ccsc2)cc1. The van der Waals surface area contributed by atoms with Crippen molar-refractivity contribution in [2.45, 2.75) is 6.42 Å². The Labute approximate surface area is 98.5 Å². The quantitative estimate of drug-likeness (QED) is 0.757. The number of methoxy groups -OCH3 is 1. The Bertz CT molecular complexity index is 457. The molecule has 0 aliphatic heterocycles. The van der Waals surface area contributed by atoms with E-state index in [4.69, 9.17) is 4.74 Å². The third kappa shape index (κ3) is 2.49. The number of benzene rings is 1. The van der Waals surface area contributed by atoms with E-state index in [-0.39, 0.29) is 5.78 Å². The second-order valence-corrected chi connectivity index (χ2v) is 4.24. The van der Waals surface area contributed by atoms with E-state index < -0.39 is 0 Å². The molecule has 0 saturated heterocycles. The van der Waals surface area contributed by atoms with Gasteiger partial charge in [0, 0.05) is 17.4 Å². The largest absolute Gasteiger partial charge is 0.497 e. The van der Waals surface area contributed by atoms with Gasteiger partial charge >= 0.3 is 0 Å². The molecular formula is C13H12O2S. The minimum atomic E-state index is 0.159. The van der Waals surface area contributed by atoms with Gasteiger partial charge in [0.25, 0.3) is 0 Å². The summed E-state index contributed by atoms with van der Waals surface area (Å²) in [5, 5.41) is 3.80. The lowest BCUT2D eigenvalue weighted by molar-refractivity contribution is 0.0993. The van der Waals surface area contributed by atoms with Gasteiger partial charge in [-0.2, -0.15) is 11.3 Å². The van der Waals surface area contributed by atoms with E-state index in [0.717, 1.165) is 16.9 Å². The second-order valence-electron chi connectivity index (χ2n) is 3.46. The third-order valence-electron chi connectivity index (χ3n) is 2.37. The summed E-state index contributed by atoms with van der Waals surface area (Å²) in [6, 6.07) is 9.44. The lowest BCUT2D eigenvalue weighted by Crippen LogP contribution is -2.01. The Morgan fingerprint density at radius 1 is 1.25 bits per heavy atom. The summed E-state index contributed by atoms with van der Waals surface area (Å²) in [4.78, 5) is 11.8. The molecule has 3 heteroatoms. The maximum Gasteiger partial charge on any atom is 0.168 e. The number of carbonyl (C=O) groups excluding carboxylic acids is 1. The molecule has 0 aliphatic carbocycles. The lowest BCUT2D eigenvalue weighted by Gasteiger charge is -2.02. The van der Waals surface area contributed by atoms with Crippen LogP contribution in [0.4, 0.5) is 0 Å². The Morgan fingerprint density at radius 3 is 2.56 bits per heavy atom. The molecule has 0 aliphatic rings. The fourth-order valence-electron chi connectivity index (χ4n) is 1.45. The predicted octanol–water partition coefficient (Wildman–Crippen LogP) is 3.18. The van der Waals surface area contributed by atoms with Crippen LogP contribution in [-0.2, 0) is 6.42 Å². The van der Waals surface area contributed by atoms with Crippen molar-refractivity contribution in [3.63, 3.8) is 0 Å². The normalized spacial score (nSPS) is 10.1. The number of ether oxygens (including phenoxy) is 1. The van der Waals surface area contributed by atoms with Crippen LogP contribution in [0, 0.1) is 0 Å². The van der Waals surface area contributed by atoms with Crippen LogP contribution in [-0.4, -0.2) is 12.9 Å². The second kappa shape index (κ2) is 4.94. The van der Waals surface area contributed by atoms with E-state index in [1.54, 1.807) is 18.4 Å². The molecule has 0 radical (unpaired) electrons. The van der Waals surface area contributed by atoms with Crippen LogP contribution in [0.3, 0.4) is 0 Å². The zero-order chi connectivity index (χ0) is 11.4. The van der Waals surface area contributed by atoms with E-state index in [1.165, 1.54) is 0 Å². The maximum atomic E-state index is 11.8. The van der Waals surface area contributed by atoms with Crippen LogP contribution in [0.2, 0.25) is 0 Å². The Hall–Kier alpha value is -1.61. The molecule has 0 amide bonds. The average Bonchev–Trinajstić information content (AvgIpc) is 2.83. The van der Waals surface area contributed by atoms with Gasteiger partial charge in [-0.1, -0.05) is 12.1 Å². The van der Waals surface area contributed by atoms with E-state index in [2.05, 4.69) is 0 Å². The lowest BCUT2D eigenvalue weighted by atomic mass is 10.1. The van der Waals surface area contributed by atoms with Crippen LogP contribution in [0.5, 0.6) is 5.75 Å². The van der Waals surface area contributed by atoms with Crippen molar-refractivity contribution in [2.24, 2.45) is 0 Å². The van der Waals surface area contributed by atoms with E-state index >= 15 is 0 Å². The summed E-state index contributed by atoms with van der Waals surface area (Å²) >= 11 is 1.54. The fourth-order valence-corrected chi connectivity index (χ4v) is 2.11. The van der Waals surface area contributed by atoms with Gasteiger partial charge in [0.1, 0.15) is 5.75 Å². The first-order valence-corrected chi connectivity index (χ1v) is 5.92. The van der Waals surface area contributed by atoms with E-state index in [1.807, 2.05) is 41.1 Å². The van der Waals surface area contributed by atoms with Gasteiger partial charge in [0.2, 0.25) is 0 Å². The molecule has 0 N–H and O–H groups in total. The summed E-state index contributed by atoms with van der Waals surface area (Å²) in [6.45, 7) is 0. The fraction of sp³-hybridized carbons (Fsp3) is 0.154. The molecule has 2 aromatic rings. The number of rotatable bonds is 4. The molecule has 2 rings (SSSR count). The number of carbonyl (C=O) groups is 1. The minimum Gasteiger partial charge on any atom is -0.497 e. The molecule has 0 saturated carbocycles. The molecular weight excluding hydrogens is 220 g/mol. The van der Waals surface area contributed by atoms with Crippen molar-refractivity contribution in [3.8, 4) is 5.75 Å². The topological polar surface area (TPSA) is 26.3 Å². The zero-order valence-corrected chi connectivity index (χ0v) is 9.79. The number of hydrogen-bond donors (Lipinski definition) is 0. The zero-order valence-electron chi connectivity index (χ0n) is 8.97. The van der Waals surface area contributed by atoms with Crippen molar-refractivity contribution < 1.29 is 9.53 Å². The number of ketones is 1. The Morgan fingerprint density at radius 2 is 2.00 bits per heavy atom. The highest BCUT2D eigenvalue weighted by Crippen LogP contribution is 2.14. The molecule has 16 heavy (non-hydrogen) atoms. The first-order valence-electron chi connectivity index (χ1n) is 4.98. The molecule has 1 aromatic carbocycles. The number of Topliss-reactive ketones (excluding diaryl/α,β-unsaturated/α-hetero) is 1. The van der Waals surface area contributed by atoms with Crippen LogP contribution < -0.4 is 4.74 Å². The highest BCUT2D eigenvalue weighted by Gasteiger charge is 2.07. The summed E-state index contributed by atoms with van der Waals surface area (Å²) in [7, 11) is 1.63. The van der Waals surface area contributed by atoms with Crippen LogP contribution in [0.15, 0.2) is 41.1 Å². The van der Waals surface area contributed by atoms with Gasteiger partial charge in [-0.25, -0.2) is 0 Å². The minimum absolute atomic E-state index is 0.159. The Kier molecular flexibility index (Phi) is 3.37. The molecule has 0 unspecified atom stereocenters. The van der Waals surface area contributed by atoms with Gasteiger partial charge < -0.3 is 4.74 Å². The van der Waals surface area contributed by atoms with Crippen molar-refractivity contribution in [1.82, 2.24) is 0 Å². The van der Waals surface area contributed by atoms with Crippen molar-refractivity contribution in [1.29, 1.82) is 0 Å². The molecule has 2 nitrogen and oxygen atoms in total. The predicted molar refractivity (Wildman–Crippen MR) is 65.3 cm³/mol. The summed E-state index contributed by atoms with van der Waals surface area (Å²) in [5.74, 6) is 0.971. The van der Waals surface area contributed by atoms with Crippen LogP contribution >= 0.6 is 11.3 Å². The van der Waals surface area contributed by atoms with E-state index in [9.17, 15) is 4.79 Å².